The van der Waals surface area contributed by atoms with Crippen molar-refractivity contribution in [1.29, 1.82) is 0 Å². The first kappa shape index (κ1) is 27.2. The average molecular weight is 542 g/mol. The number of amides is 2. The number of ether oxygens (including phenoxy) is 1. The van der Waals surface area contributed by atoms with Crippen molar-refractivity contribution in [1.82, 2.24) is 20.0 Å². The molecule has 2 aromatic heterocycles. The van der Waals surface area contributed by atoms with Gasteiger partial charge in [-0.3, -0.25) is 14.5 Å². The molecule has 198 valence electrons. The van der Waals surface area contributed by atoms with E-state index >= 15 is 0 Å². The van der Waals surface area contributed by atoms with E-state index in [1.165, 1.54) is 0 Å². The van der Waals surface area contributed by atoms with Crippen molar-refractivity contribution in [2.24, 2.45) is 0 Å². The molecule has 0 aliphatic carbocycles. The van der Waals surface area contributed by atoms with E-state index in [0.29, 0.717) is 12.4 Å². The molecule has 1 aromatic carbocycles. The summed E-state index contributed by atoms with van der Waals surface area (Å²) in [7, 11) is 5.55. The number of nitrogens with one attached hydrogen (secondary N) is 1. The monoisotopic (exact) mass is 541 g/mol. The summed E-state index contributed by atoms with van der Waals surface area (Å²) in [4.78, 5) is 31.4. The Hall–Kier alpha value is -2.82. The molecular formula is C27H35N5O3S2. The van der Waals surface area contributed by atoms with Crippen LogP contribution in [0.15, 0.2) is 41.8 Å². The lowest BCUT2D eigenvalue weighted by molar-refractivity contribution is -0.122. The fourth-order valence-corrected chi connectivity index (χ4v) is 6.44. The van der Waals surface area contributed by atoms with Gasteiger partial charge < -0.3 is 15.0 Å². The van der Waals surface area contributed by atoms with Crippen molar-refractivity contribution >= 4 is 40.7 Å². The lowest BCUT2D eigenvalue weighted by Gasteiger charge is -2.24. The number of thioether (sulfide) groups is 1. The largest absolute Gasteiger partial charge is 0.497 e. The van der Waals surface area contributed by atoms with Gasteiger partial charge in [0.05, 0.1) is 29.5 Å². The van der Waals surface area contributed by atoms with Gasteiger partial charge in [0.25, 0.3) is 0 Å². The lowest BCUT2D eigenvalue weighted by atomic mass is 9.88. The molecule has 1 aliphatic rings. The zero-order valence-corrected chi connectivity index (χ0v) is 23.9. The van der Waals surface area contributed by atoms with Crippen LogP contribution < -0.4 is 15.0 Å². The SMILES string of the molecule is COc1ccc(-n2nc(C(C)(C)C)c3c2N(CC(=O)NCCN(C)C)C(=O)CSC3c2cccs2)cc1. The second-order valence-electron chi connectivity index (χ2n) is 10.3. The zero-order valence-electron chi connectivity index (χ0n) is 22.3. The number of carbonyl (C=O) groups excluding carboxylic acids is 2. The molecule has 3 aromatic rings. The number of benzene rings is 1. The first-order valence-corrected chi connectivity index (χ1v) is 14.2. The van der Waals surface area contributed by atoms with Crippen molar-refractivity contribution in [3.8, 4) is 11.4 Å². The van der Waals surface area contributed by atoms with E-state index in [2.05, 4.69) is 37.5 Å². The minimum atomic E-state index is -0.287. The minimum absolute atomic E-state index is 0.0671. The Kier molecular flexibility index (Phi) is 8.30. The van der Waals surface area contributed by atoms with Crippen LogP contribution in [0.25, 0.3) is 5.69 Å². The van der Waals surface area contributed by atoms with Gasteiger partial charge in [-0.25, -0.2) is 4.68 Å². The summed E-state index contributed by atoms with van der Waals surface area (Å²) in [5, 5.41) is 10.1. The lowest BCUT2D eigenvalue weighted by Crippen LogP contribution is -2.43. The number of fused-ring (bicyclic) bond motifs is 1. The Morgan fingerprint density at radius 3 is 2.54 bits per heavy atom. The number of rotatable bonds is 8. The summed E-state index contributed by atoms with van der Waals surface area (Å²) >= 11 is 3.27. The molecule has 3 heterocycles. The van der Waals surface area contributed by atoms with Crippen LogP contribution in [0.3, 0.4) is 0 Å². The predicted octanol–water partition coefficient (Wildman–Crippen LogP) is 4.09. The molecule has 1 aliphatic heterocycles. The predicted molar refractivity (Wildman–Crippen MR) is 151 cm³/mol. The van der Waals surface area contributed by atoms with E-state index in [1.54, 1.807) is 35.1 Å². The molecule has 1 unspecified atom stereocenters. The molecule has 37 heavy (non-hydrogen) atoms. The van der Waals surface area contributed by atoms with Crippen LogP contribution in [0.4, 0.5) is 5.82 Å². The zero-order chi connectivity index (χ0) is 26.7. The van der Waals surface area contributed by atoms with Gasteiger partial charge in [-0.05, 0) is 49.8 Å². The number of thiophene rings is 1. The fourth-order valence-electron chi connectivity index (χ4n) is 4.26. The smallest absolute Gasteiger partial charge is 0.240 e. The number of hydrogen-bond acceptors (Lipinski definition) is 7. The van der Waals surface area contributed by atoms with Crippen LogP contribution in [0, 0.1) is 0 Å². The minimum Gasteiger partial charge on any atom is -0.497 e. The molecule has 0 saturated heterocycles. The quantitative estimate of drug-likeness (QED) is 0.463. The maximum Gasteiger partial charge on any atom is 0.240 e. The maximum absolute atomic E-state index is 13.6. The molecule has 2 amide bonds. The third-order valence-electron chi connectivity index (χ3n) is 6.10. The van der Waals surface area contributed by atoms with Crippen molar-refractivity contribution < 1.29 is 14.3 Å². The fraction of sp³-hybridized carbons (Fsp3) is 0.444. The molecule has 0 fully saturated rings. The molecule has 0 saturated carbocycles. The number of methoxy groups -OCH3 is 1. The van der Waals surface area contributed by atoms with Crippen molar-refractivity contribution in [3.05, 3.63) is 57.9 Å². The van der Waals surface area contributed by atoms with Gasteiger partial charge in [0.15, 0.2) is 0 Å². The van der Waals surface area contributed by atoms with Gasteiger partial charge in [0.1, 0.15) is 18.1 Å². The van der Waals surface area contributed by atoms with E-state index < -0.39 is 0 Å². The first-order chi connectivity index (χ1) is 17.6. The van der Waals surface area contributed by atoms with E-state index in [4.69, 9.17) is 9.84 Å². The summed E-state index contributed by atoms with van der Waals surface area (Å²) < 4.78 is 7.18. The Balaban J connectivity index is 1.88. The van der Waals surface area contributed by atoms with Crippen LogP contribution >= 0.6 is 23.1 Å². The molecule has 1 N–H and O–H groups in total. The topological polar surface area (TPSA) is 79.7 Å². The summed E-state index contributed by atoms with van der Waals surface area (Å²) in [6.45, 7) is 7.57. The number of likely N-dealkylation sites (N-methyl/N-ethyl adjacent to an activating group) is 1. The highest BCUT2D eigenvalue weighted by Crippen LogP contribution is 2.49. The molecule has 8 nitrogen and oxygen atoms in total. The highest BCUT2D eigenvalue weighted by atomic mass is 32.2. The van der Waals surface area contributed by atoms with Crippen LogP contribution in [0.2, 0.25) is 0 Å². The number of nitrogens with zero attached hydrogens (tertiary/aromatic N) is 4. The number of aromatic nitrogens is 2. The Bertz CT molecular complexity index is 1230. The van der Waals surface area contributed by atoms with Gasteiger partial charge >= 0.3 is 0 Å². The Morgan fingerprint density at radius 1 is 1.22 bits per heavy atom. The van der Waals surface area contributed by atoms with Crippen LogP contribution in [-0.2, 0) is 15.0 Å². The van der Waals surface area contributed by atoms with Crippen LogP contribution in [0.1, 0.15) is 42.2 Å². The van der Waals surface area contributed by atoms with Crippen molar-refractivity contribution in [3.63, 3.8) is 0 Å². The third kappa shape index (κ3) is 6.02. The first-order valence-electron chi connectivity index (χ1n) is 12.2. The molecule has 1 atom stereocenters. The number of anilines is 1. The molecule has 0 spiro atoms. The standard InChI is InChI=1S/C27H35N5O3S2/c1-27(2,3)25-23-24(20-8-7-15-36-20)37-17-22(34)31(16-21(33)28-13-14-30(4)5)26(23)32(29-25)18-9-11-19(35-6)12-10-18/h7-12,15,24H,13-14,16-17H2,1-6H3,(H,28,33). The van der Waals surface area contributed by atoms with Gasteiger partial charge in [0.2, 0.25) is 11.8 Å². The summed E-state index contributed by atoms with van der Waals surface area (Å²) in [6, 6.07) is 11.8. The average Bonchev–Trinajstić information content (AvgIpc) is 3.49. The van der Waals surface area contributed by atoms with Gasteiger partial charge in [0, 0.05) is 28.9 Å². The molecule has 10 heteroatoms. The van der Waals surface area contributed by atoms with Crippen molar-refractivity contribution in [2.75, 3.05) is 51.5 Å². The maximum atomic E-state index is 13.6. The van der Waals surface area contributed by atoms with Crippen LogP contribution in [-0.4, -0.2) is 73.1 Å². The van der Waals surface area contributed by atoms with E-state index in [0.717, 1.165) is 34.1 Å². The summed E-state index contributed by atoms with van der Waals surface area (Å²) in [6.07, 6.45) is 0. The second kappa shape index (κ2) is 11.3. The normalized spacial score (nSPS) is 16.0. The Morgan fingerprint density at radius 2 is 1.95 bits per heavy atom. The summed E-state index contributed by atoms with van der Waals surface area (Å²) in [5.41, 5.74) is 2.42. The number of carbonyl (C=O) groups is 2. The second-order valence-corrected chi connectivity index (χ2v) is 12.4. The third-order valence-corrected chi connectivity index (χ3v) is 8.42. The van der Waals surface area contributed by atoms with Crippen molar-refractivity contribution in [2.45, 2.75) is 31.4 Å². The van der Waals surface area contributed by atoms with E-state index in [-0.39, 0.29) is 34.8 Å². The molecule has 0 bridgehead atoms. The highest BCUT2D eigenvalue weighted by molar-refractivity contribution is 8.00. The van der Waals surface area contributed by atoms with Gasteiger partial charge in [-0.1, -0.05) is 26.8 Å². The van der Waals surface area contributed by atoms with Crippen LogP contribution in [0.5, 0.6) is 5.75 Å². The molecule has 4 rings (SSSR count). The summed E-state index contributed by atoms with van der Waals surface area (Å²) in [5.74, 6) is 1.36. The van der Waals surface area contributed by atoms with Gasteiger partial charge in [-0.15, -0.1) is 23.1 Å². The van der Waals surface area contributed by atoms with Gasteiger partial charge in [-0.2, -0.15) is 5.10 Å². The highest BCUT2D eigenvalue weighted by Gasteiger charge is 2.40. The molecule has 0 radical (unpaired) electrons. The Labute approximate surface area is 227 Å². The molecular weight excluding hydrogens is 506 g/mol. The number of hydrogen-bond donors (Lipinski definition) is 1. The van der Waals surface area contributed by atoms with E-state index in [9.17, 15) is 9.59 Å². The van der Waals surface area contributed by atoms with E-state index in [1.807, 2.05) is 54.0 Å².